The summed E-state index contributed by atoms with van der Waals surface area (Å²) in [5.74, 6) is 1.00. The molecule has 2 aromatic carbocycles. The molecule has 8 nitrogen and oxygen atoms in total. The summed E-state index contributed by atoms with van der Waals surface area (Å²) in [5.41, 5.74) is 5.56. The van der Waals surface area contributed by atoms with Crippen LogP contribution in [0.4, 0.5) is 11.7 Å². The van der Waals surface area contributed by atoms with Crippen LogP contribution in [0.3, 0.4) is 0 Å². The van der Waals surface area contributed by atoms with Gasteiger partial charge < -0.3 is 24.9 Å². The van der Waals surface area contributed by atoms with Crippen molar-refractivity contribution >= 4 is 11.7 Å². The van der Waals surface area contributed by atoms with Crippen molar-refractivity contribution in [3.05, 3.63) is 72.1 Å². The Balaban J connectivity index is 1.59. The minimum absolute atomic E-state index is 0.0515. The highest BCUT2D eigenvalue weighted by Crippen LogP contribution is 2.33. The molecule has 2 aromatic heterocycles. The second-order valence-electron chi connectivity index (χ2n) is 7.12. The number of ether oxygens (including phenoxy) is 1. The lowest BCUT2D eigenvalue weighted by Crippen LogP contribution is -2.19. The van der Waals surface area contributed by atoms with E-state index in [0.29, 0.717) is 36.1 Å². The van der Waals surface area contributed by atoms with Gasteiger partial charge in [-0.15, -0.1) is 5.10 Å². The molecular formula is C24H25N5O3. The lowest BCUT2D eigenvalue weighted by Gasteiger charge is -2.12. The lowest BCUT2D eigenvalue weighted by molar-refractivity contribution is 0.291. The van der Waals surface area contributed by atoms with Gasteiger partial charge in [0.15, 0.2) is 5.75 Å². The molecule has 4 rings (SSSR count). The fourth-order valence-electron chi connectivity index (χ4n) is 3.53. The maximum atomic E-state index is 8.96. The molecule has 0 aliphatic rings. The lowest BCUT2D eigenvalue weighted by atomic mass is 9.96. The molecule has 4 aromatic rings. The molecule has 164 valence electrons. The minimum atomic E-state index is 0.0515. The molecule has 0 radical (unpaired) electrons. The van der Waals surface area contributed by atoms with Gasteiger partial charge in [-0.2, -0.15) is 0 Å². The van der Waals surface area contributed by atoms with Crippen molar-refractivity contribution in [1.82, 2.24) is 20.5 Å². The molecule has 0 unspecified atom stereocenters. The van der Waals surface area contributed by atoms with E-state index in [-0.39, 0.29) is 12.6 Å². The molecular weight excluding hydrogens is 406 g/mol. The number of aliphatic hydroxyl groups excluding tert-OH is 1. The van der Waals surface area contributed by atoms with E-state index in [9.17, 15) is 0 Å². The monoisotopic (exact) mass is 431 g/mol. The highest BCUT2D eigenvalue weighted by atomic mass is 16.5. The summed E-state index contributed by atoms with van der Waals surface area (Å²) in [5, 5.41) is 23.6. The van der Waals surface area contributed by atoms with E-state index in [1.807, 2.05) is 37.3 Å². The standard InChI is InChI=1S/C24H25N5O3/c1-16-18(17-7-4-3-5-8-17)9-6-10-19(16)23-28-29-24(32-23)27-20-11-12-26-21(22(20)31-2)15-25-13-14-30/h3-12,25,30H,13-15H2,1-2H3,(H,26,27,29). The summed E-state index contributed by atoms with van der Waals surface area (Å²) in [4.78, 5) is 4.35. The van der Waals surface area contributed by atoms with Crippen molar-refractivity contribution in [2.45, 2.75) is 13.5 Å². The zero-order valence-electron chi connectivity index (χ0n) is 18.0. The first-order valence-electron chi connectivity index (χ1n) is 10.3. The van der Waals surface area contributed by atoms with Gasteiger partial charge in [0.25, 0.3) is 0 Å². The largest absolute Gasteiger partial charge is 0.493 e. The summed E-state index contributed by atoms with van der Waals surface area (Å²) in [6, 6.07) is 18.3. The number of aromatic nitrogens is 3. The molecule has 8 heteroatoms. The van der Waals surface area contributed by atoms with Gasteiger partial charge in [-0.3, -0.25) is 4.98 Å². The second-order valence-corrected chi connectivity index (χ2v) is 7.12. The van der Waals surface area contributed by atoms with Crippen LogP contribution in [0.1, 0.15) is 11.3 Å². The Hall–Kier alpha value is -3.75. The average Bonchev–Trinajstić information content (AvgIpc) is 3.28. The Morgan fingerprint density at radius 2 is 1.81 bits per heavy atom. The number of nitrogens with zero attached hydrogens (tertiary/aromatic N) is 3. The third-order valence-electron chi connectivity index (χ3n) is 5.08. The second kappa shape index (κ2) is 10.0. The van der Waals surface area contributed by atoms with E-state index in [2.05, 4.69) is 44.0 Å². The van der Waals surface area contributed by atoms with Gasteiger partial charge in [-0.05, 0) is 35.7 Å². The van der Waals surface area contributed by atoms with Crippen LogP contribution >= 0.6 is 0 Å². The third-order valence-corrected chi connectivity index (χ3v) is 5.08. The maximum absolute atomic E-state index is 8.96. The molecule has 3 N–H and O–H groups in total. The predicted octanol–water partition coefficient (Wildman–Crippen LogP) is 3.94. The van der Waals surface area contributed by atoms with Crippen molar-refractivity contribution in [3.8, 4) is 28.3 Å². The molecule has 0 saturated heterocycles. The van der Waals surface area contributed by atoms with Crippen molar-refractivity contribution in [2.75, 3.05) is 25.6 Å². The Morgan fingerprint density at radius 1 is 1.00 bits per heavy atom. The number of nitrogens with one attached hydrogen (secondary N) is 2. The quantitative estimate of drug-likeness (QED) is 0.342. The molecule has 0 aliphatic heterocycles. The molecule has 0 amide bonds. The molecule has 0 bridgehead atoms. The van der Waals surface area contributed by atoms with Crippen LogP contribution in [-0.4, -0.2) is 40.5 Å². The first kappa shape index (κ1) is 21.5. The number of hydrogen-bond donors (Lipinski definition) is 3. The Bertz CT molecular complexity index is 1180. The van der Waals surface area contributed by atoms with Gasteiger partial charge in [0, 0.05) is 24.8 Å². The van der Waals surface area contributed by atoms with Crippen molar-refractivity contribution in [1.29, 1.82) is 0 Å². The topological polar surface area (TPSA) is 105 Å². The van der Waals surface area contributed by atoms with Crippen LogP contribution in [-0.2, 0) is 6.54 Å². The highest BCUT2D eigenvalue weighted by Gasteiger charge is 2.16. The first-order chi connectivity index (χ1) is 15.7. The number of anilines is 2. The predicted molar refractivity (Wildman–Crippen MR) is 123 cm³/mol. The van der Waals surface area contributed by atoms with E-state index < -0.39 is 0 Å². The van der Waals surface area contributed by atoms with Crippen LogP contribution in [0.15, 0.2) is 65.2 Å². The number of pyridine rings is 1. The van der Waals surface area contributed by atoms with Crippen molar-refractivity contribution in [2.24, 2.45) is 0 Å². The number of rotatable bonds is 9. The third kappa shape index (κ3) is 4.61. The van der Waals surface area contributed by atoms with Crippen LogP contribution in [0, 0.1) is 6.92 Å². The Morgan fingerprint density at radius 3 is 2.59 bits per heavy atom. The molecule has 0 fully saturated rings. The maximum Gasteiger partial charge on any atom is 0.320 e. The molecule has 32 heavy (non-hydrogen) atoms. The summed E-state index contributed by atoms with van der Waals surface area (Å²) in [7, 11) is 1.58. The fourth-order valence-corrected chi connectivity index (χ4v) is 3.53. The minimum Gasteiger partial charge on any atom is -0.493 e. The van der Waals surface area contributed by atoms with E-state index >= 15 is 0 Å². The zero-order chi connectivity index (χ0) is 22.3. The summed E-state index contributed by atoms with van der Waals surface area (Å²) in [6.45, 7) is 3.03. The van der Waals surface area contributed by atoms with Gasteiger partial charge >= 0.3 is 6.01 Å². The highest BCUT2D eigenvalue weighted by molar-refractivity contribution is 5.75. The van der Waals surface area contributed by atoms with Gasteiger partial charge in [-0.1, -0.05) is 47.6 Å². The smallest absolute Gasteiger partial charge is 0.320 e. The normalized spacial score (nSPS) is 10.8. The van der Waals surface area contributed by atoms with E-state index in [1.54, 1.807) is 19.4 Å². The van der Waals surface area contributed by atoms with Crippen LogP contribution in [0.2, 0.25) is 0 Å². The first-order valence-corrected chi connectivity index (χ1v) is 10.3. The number of hydrogen-bond acceptors (Lipinski definition) is 8. The van der Waals surface area contributed by atoms with Gasteiger partial charge in [0.1, 0.15) is 0 Å². The van der Waals surface area contributed by atoms with Crippen molar-refractivity contribution < 1.29 is 14.3 Å². The van der Waals surface area contributed by atoms with Gasteiger partial charge in [-0.25, -0.2) is 0 Å². The number of aliphatic hydroxyl groups is 1. The van der Waals surface area contributed by atoms with Crippen LogP contribution in [0.25, 0.3) is 22.6 Å². The fraction of sp³-hybridized carbons (Fsp3) is 0.208. The Labute approximate surface area is 186 Å². The van der Waals surface area contributed by atoms with Crippen molar-refractivity contribution in [3.63, 3.8) is 0 Å². The van der Waals surface area contributed by atoms with Gasteiger partial charge in [0.2, 0.25) is 5.89 Å². The SMILES string of the molecule is COc1c(Nc2nnc(-c3cccc(-c4ccccc4)c3C)o2)ccnc1CNCCO. The summed E-state index contributed by atoms with van der Waals surface area (Å²) < 4.78 is 11.5. The molecule has 0 saturated carbocycles. The van der Waals surface area contributed by atoms with Crippen LogP contribution in [0.5, 0.6) is 5.75 Å². The van der Waals surface area contributed by atoms with Gasteiger partial charge in [0.05, 0.1) is 25.1 Å². The number of benzene rings is 2. The average molecular weight is 431 g/mol. The molecule has 0 atom stereocenters. The van der Waals surface area contributed by atoms with E-state index in [0.717, 1.165) is 22.3 Å². The molecule has 2 heterocycles. The molecule has 0 spiro atoms. The summed E-state index contributed by atoms with van der Waals surface area (Å²) in [6.07, 6.45) is 1.67. The van der Waals surface area contributed by atoms with E-state index in [1.165, 1.54) is 0 Å². The van der Waals surface area contributed by atoms with E-state index in [4.69, 9.17) is 14.3 Å². The van der Waals surface area contributed by atoms with Crippen LogP contribution < -0.4 is 15.4 Å². The molecule has 0 aliphatic carbocycles. The zero-order valence-corrected chi connectivity index (χ0v) is 18.0. The summed E-state index contributed by atoms with van der Waals surface area (Å²) >= 11 is 0. The number of methoxy groups -OCH3 is 1. The Kier molecular flexibility index (Phi) is 6.74.